The molecule has 0 radical (unpaired) electrons. The average molecular weight is 355 g/mol. The SMILES string of the molecule is COc1cc(NCCNc2nnnn2-c2ccccc2)ccc1[N+](=O)[O-]. The van der Waals surface area contributed by atoms with Crippen LogP contribution in [-0.4, -0.2) is 45.3 Å². The summed E-state index contributed by atoms with van der Waals surface area (Å²) in [7, 11) is 1.40. The van der Waals surface area contributed by atoms with E-state index in [0.717, 1.165) is 11.4 Å². The van der Waals surface area contributed by atoms with Gasteiger partial charge in [0.2, 0.25) is 5.95 Å². The molecule has 0 unspecified atom stereocenters. The van der Waals surface area contributed by atoms with Gasteiger partial charge in [-0.25, -0.2) is 0 Å². The Labute approximate surface area is 148 Å². The van der Waals surface area contributed by atoms with Crippen LogP contribution in [0.15, 0.2) is 48.5 Å². The zero-order valence-corrected chi connectivity index (χ0v) is 14.0. The van der Waals surface area contributed by atoms with Crippen molar-refractivity contribution in [1.82, 2.24) is 20.2 Å². The van der Waals surface area contributed by atoms with E-state index in [0.29, 0.717) is 19.0 Å². The largest absolute Gasteiger partial charge is 0.490 e. The maximum Gasteiger partial charge on any atom is 0.311 e. The Morgan fingerprint density at radius 3 is 2.65 bits per heavy atom. The van der Waals surface area contributed by atoms with E-state index >= 15 is 0 Å². The Kier molecular flexibility index (Phi) is 5.22. The van der Waals surface area contributed by atoms with Crippen molar-refractivity contribution in [1.29, 1.82) is 0 Å². The van der Waals surface area contributed by atoms with E-state index in [-0.39, 0.29) is 11.4 Å². The molecule has 1 heterocycles. The van der Waals surface area contributed by atoms with Crippen LogP contribution in [0.1, 0.15) is 0 Å². The standard InChI is InChI=1S/C16H17N7O3/c1-26-15-11-12(7-8-14(15)23(24)25)17-9-10-18-16-19-20-21-22(16)13-5-3-2-4-6-13/h2-8,11,17H,9-10H2,1H3,(H,18,19,21). The molecular weight excluding hydrogens is 338 g/mol. The second kappa shape index (κ2) is 7.92. The molecule has 26 heavy (non-hydrogen) atoms. The van der Waals surface area contributed by atoms with Crippen molar-refractivity contribution in [2.24, 2.45) is 0 Å². The minimum atomic E-state index is -0.479. The third-order valence-electron chi connectivity index (χ3n) is 3.58. The summed E-state index contributed by atoms with van der Waals surface area (Å²) in [6.07, 6.45) is 0. The maximum atomic E-state index is 10.9. The first-order valence-corrected chi connectivity index (χ1v) is 7.83. The van der Waals surface area contributed by atoms with Crippen LogP contribution in [0.25, 0.3) is 5.69 Å². The highest BCUT2D eigenvalue weighted by molar-refractivity contribution is 5.58. The summed E-state index contributed by atoms with van der Waals surface area (Å²) >= 11 is 0. The first-order valence-electron chi connectivity index (χ1n) is 7.83. The van der Waals surface area contributed by atoms with Gasteiger partial charge in [-0.1, -0.05) is 23.3 Å². The minimum absolute atomic E-state index is 0.0711. The van der Waals surface area contributed by atoms with Crippen LogP contribution in [0, 0.1) is 10.1 Å². The summed E-state index contributed by atoms with van der Waals surface area (Å²) in [6, 6.07) is 14.2. The number of nitro groups is 1. The van der Waals surface area contributed by atoms with Gasteiger partial charge in [0, 0.05) is 30.9 Å². The highest BCUT2D eigenvalue weighted by Gasteiger charge is 2.14. The summed E-state index contributed by atoms with van der Waals surface area (Å²) in [6.45, 7) is 1.11. The molecule has 2 N–H and O–H groups in total. The van der Waals surface area contributed by atoms with Gasteiger partial charge in [0.25, 0.3) is 0 Å². The third kappa shape index (κ3) is 3.86. The first-order chi connectivity index (χ1) is 12.7. The molecule has 134 valence electrons. The molecule has 0 aliphatic heterocycles. The second-order valence-corrected chi connectivity index (χ2v) is 5.25. The average Bonchev–Trinajstić information content (AvgIpc) is 3.14. The van der Waals surface area contributed by atoms with Crippen molar-refractivity contribution >= 4 is 17.3 Å². The van der Waals surface area contributed by atoms with Crippen LogP contribution >= 0.6 is 0 Å². The van der Waals surface area contributed by atoms with Crippen molar-refractivity contribution in [3.63, 3.8) is 0 Å². The van der Waals surface area contributed by atoms with Crippen molar-refractivity contribution in [2.75, 3.05) is 30.8 Å². The smallest absolute Gasteiger partial charge is 0.311 e. The van der Waals surface area contributed by atoms with Gasteiger partial charge in [-0.15, -0.1) is 0 Å². The molecule has 0 bridgehead atoms. The van der Waals surface area contributed by atoms with E-state index in [1.807, 2.05) is 30.3 Å². The normalized spacial score (nSPS) is 10.3. The number of para-hydroxylation sites is 1. The molecule has 0 atom stereocenters. The summed E-state index contributed by atoms with van der Waals surface area (Å²) in [4.78, 5) is 10.4. The molecule has 0 saturated heterocycles. The van der Waals surface area contributed by atoms with Gasteiger partial charge in [-0.05, 0) is 28.6 Å². The van der Waals surface area contributed by atoms with E-state index in [4.69, 9.17) is 4.74 Å². The zero-order chi connectivity index (χ0) is 18.4. The number of tetrazole rings is 1. The Balaban J connectivity index is 1.57. The molecular formula is C16H17N7O3. The van der Waals surface area contributed by atoms with E-state index in [1.165, 1.54) is 13.2 Å². The monoisotopic (exact) mass is 355 g/mol. The summed E-state index contributed by atoms with van der Waals surface area (Å²) in [5.41, 5.74) is 1.50. The fraction of sp³-hybridized carbons (Fsp3) is 0.188. The lowest BCUT2D eigenvalue weighted by molar-refractivity contribution is -0.385. The van der Waals surface area contributed by atoms with Gasteiger partial charge in [-0.2, -0.15) is 4.68 Å². The predicted octanol–water partition coefficient (Wildman–Crippen LogP) is 2.10. The van der Waals surface area contributed by atoms with Crippen LogP contribution < -0.4 is 15.4 Å². The summed E-state index contributed by atoms with van der Waals surface area (Å²) in [5, 5.41) is 28.8. The molecule has 0 aliphatic carbocycles. The highest BCUT2D eigenvalue weighted by atomic mass is 16.6. The zero-order valence-electron chi connectivity index (χ0n) is 14.0. The van der Waals surface area contributed by atoms with Crippen LogP contribution in [0.4, 0.5) is 17.3 Å². The Bertz CT molecular complexity index is 883. The number of hydrogen-bond donors (Lipinski definition) is 2. The lowest BCUT2D eigenvalue weighted by atomic mass is 10.2. The number of hydrogen-bond acceptors (Lipinski definition) is 8. The number of nitro benzene ring substituents is 1. The first kappa shape index (κ1) is 17.1. The fourth-order valence-electron chi connectivity index (χ4n) is 2.36. The maximum absolute atomic E-state index is 10.9. The van der Waals surface area contributed by atoms with Gasteiger partial charge in [0.1, 0.15) is 0 Å². The Hall–Kier alpha value is -3.69. The third-order valence-corrected chi connectivity index (χ3v) is 3.58. The van der Waals surface area contributed by atoms with Gasteiger partial charge in [0.05, 0.1) is 17.7 Å². The van der Waals surface area contributed by atoms with E-state index in [9.17, 15) is 10.1 Å². The van der Waals surface area contributed by atoms with E-state index in [1.54, 1.807) is 16.8 Å². The molecule has 0 aliphatic rings. The number of methoxy groups -OCH3 is 1. The fourth-order valence-corrected chi connectivity index (χ4v) is 2.36. The molecule has 0 spiro atoms. The van der Waals surface area contributed by atoms with Crippen molar-refractivity contribution in [3.8, 4) is 11.4 Å². The Morgan fingerprint density at radius 2 is 1.92 bits per heavy atom. The molecule has 2 aromatic carbocycles. The molecule has 3 aromatic rings. The molecule has 10 heteroatoms. The lowest BCUT2D eigenvalue weighted by Gasteiger charge is -2.10. The van der Waals surface area contributed by atoms with E-state index < -0.39 is 4.92 Å². The molecule has 10 nitrogen and oxygen atoms in total. The molecule has 3 rings (SSSR count). The number of nitrogens with one attached hydrogen (secondary N) is 2. The number of ether oxygens (including phenoxy) is 1. The summed E-state index contributed by atoms with van der Waals surface area (Å²) < 4.78 is 6.66. The van der Waals surface area contributed by atoms with E-state index in [2.05, 4.69) is 26.2 Å². The lowest BCUT2D eigenvalue weighted by Crippen LogP contribution is -2.16. The van der Waals surface area contributed by atoms with Crippen LogP contribution in [0.5, 0.6) is 5.75 Å². The summed E-state index contributed by atoms with van der Waals surface area (Å²) in [5.74, 6) is 0.736. The number of anilines is 2. The minimum Gasteiger partial charge on any atom is -0.490 e. The molecule has 0 fully saturated rings. The number of aromatic nitrogens is 4. The Morgan fingerprint density at radius 1 is 1.15 bits per heavy atom. The topological polar surface area (TPSA) is 120 Å². The van der Waals surface area contributed by atoms with Crippen LogP contribution in [-0.2, 0) is 0 Å². The van der Waals surface area contributed by atoms with Crippen molar-refractivity contribution in [3.05, 3.63) is 58.6 Å². The quantitative estimate of drug-likeness (QED) is 0.358. The molecule has 1 aromatic heterocycles. The van der Waals surface area contributed by atoms with Crippen LogP contribution in [0.2, 0.25) is 0 Å². The van der Waals surface area contributed by atoms with Gasteiger partial charge in [0.15, 0.2) is 5.75 Å². The molecule has 0 amide bonds. The van der Waals surface area contributed by atoms with Crippen molar-refractivity contribution < 1.29 is 9.66 Å². The van der Waals surface area contributed by atoms with Crippen LogP contribution in [0.3, 0.4) is 0 Å². The highest BCUT2D eigenvalue weighted by Crippen LogP contribution is 2.29. The molecule has 0 saturated carbocycles. The van der Waals surface area contributed by atoms with Gasteiger partial charge >= 0.3 is 5.69 Å². The van der Waals surface area contributed by atoms with Crippen molar-refractivity contribution in [2.45, 2.75) is 0 Å². The van der Waals surface area contributed by atoms with Gasteiger partial charge < -0.3 is 15.4 Å². The number of rotatable bonds is 8. The predicted molar refractivity (Wildman–Crippen MR) is 95.8 cm³/mol. The number of benzene rings is 2. The second-order valence-electron chi connectivity index (χ2n) is 5.25. The number of nitrogens with zero attached hydrogens (tertiary/aromatic N) is 5. The van der Waals surface area contributed by atoms with Gasteiger partial charge in [-0.3, -0.25) is 10.1 Å².